The molecular weight excluding hydrogens is 288 g/mol. The minimum atomic E-state index is 0.0195. The number of anilines is 1. The van der Waals surface area contributed by atoms with E-state index in [0.29, 0.717) is 24.1 Å². The molecular formula is C19H30N2O2. The van der Waals surface area contributed by atoms with E-state index in [-0.39, 0.29) is 11.9 Å². The van der Waals surface area contributed by atoms with Gasteiger partial charge in [-0.2, -0.15) is 0 Å². The summed E-state index contributed by atoms with van der Waals surface area (Å²) in [7, 11) is 1.61. The molecule has 1 aromatic rings. The van der Waals surface area contributed by atoms with Gasteiger partial charge in [0.2, 0.25) is 5.91 Å². The zero-order valence-electron chi connectivity index (χ0n) is 14.8. The highest BCUT2D eigenvalue weighted by Crippen LogP contribution is 2.30. The topological polar surface area (TPSA) is 50.4 Å². The molecule has 0 aliphatic heterocycles. The summed E-state index contributed by atoms with van der Waals surface area (Å²) < 4.78 is 5.27. The number of amides is 1. The minimum Gasteiger partial charge on any atom is -0.495 e. The molecule has 4 nitrogen and oxygen atoms in total. The number of para-hydroxylation sites is 2. The van der Waals surface area contributed by atoms with Gasteiger partial charge < -0.3 is 15.4 Å². The van der Waals surface area contributed by atoms with Crippen molar-refractivity contribution >= 4 is 11.6 Å². The number of carbonyl (C=O) groups excluding carboxylic acids is 1. The van der Waals surface area contributed by atoms with Crippen LogP contribution in [-0.2, 0) is 4.79 Å². The molecule has 0 spiro atoms. The van der Waals surface area contributed by atoms with E-state index in [1.54, 1.807) is 7.11 Å². The lowest BCUT2D eigenvalue weighted by molar-refractivity contribution is -0.116. The Labute approximate surface area is 140 Å². The summed E-state index contributed by atoms with van der Waals surface area (Å²) in [6.45, 7) is 6.74. The van der Waals surface area contributed by atoms with Crippen molar-refractivity contribution in [2.75, 3.05) is 12.4 Å². The van der Waals surface area contributed by atoms with Crippen molar-refractivity contribution in [2.24, 2.45) is 11.8 Å². The van der Waals surface area contributed by atoms with Crippen molar-refractivity contribution in [1.82, 2.24) is 5.32 Å². The highest BCUT2D eigenvalue weighted by Gasteiger charge is 2.28. The summed E-state index contributed by atoms with van der Waals surface area (Å²) in [4.78, 5) is 12.3. The average molecular weight is 318 g/mol. The zero-order valence-corrected chi connectivity index (χ0v) is 14.8. The second-order valence-corrected chi connectivity index (χ2v) is 6.89. The van der Waals surface area contributed by atoms with E-state index in [2.05, 4.69) is 31.4 Å². The van der Waals surface area contributed by atoms with Crippen LogP contribution in [0.1, 0.15) is 46.5 Å². The average Bonchev–Trinajstić information content (AvgIpc) is 2.52. The van der Waals surface area contributed by atoms with Crippen LogP contribution in [0.25, 0.3) is 0 Å². The molecule has 1 aliphatic carbocycles. The zero-order chi connectivity index (χ0) is 16.8. The largest absolute Gasteiger partial charge is 0.495 e. The number of ether oxygens (including phenoxy) is 1. The fourth-order valence-electron chi connectivity index (χ4n) is 3.47. The van der Waals surface area contributed by atoms with Gasteiger partial charge in [0.15, 0.2) is 0 Å². The molecule has 128 valence electrons. The first-order valence-electron chi connectivity index (χ1n) is 8.70. The molecule has 1 fully saturated rings. The molecule has 0 radical (unpaired) electrons. The van der Waals surface area contributed by atoms with Gasteiger partial charge in [-0.15, -0.1) is 0 Å². The lowest BCUT2D eigenvalue weighted by Crippen LogP contribution is -2.45. The predicted molar refractivity (Wildman–Crippen MR) is 94.8 cm³/mol. The highest BCUT2D eigenvalue weighted by molar-refractivity contribution is 5.92. The van der Waals surface area contributed by atoms with E-state index in [1.165, 1.54) is 19.3 Å². The molecule has 1 saturated carbocycles. The summed E-state index contributed by atoms with van der Waals surface area (Å²) in [6.07, 6.45) is 4.28. The first-order chi connectivity index (χ1) is 11.0. The highest BCUT2D eigenvalue weighted by atomic mass is 16.5. The van der Waals surface area contributed by atoms with Crippen molar-refractivity contribution in [2.45, 2.75) is 58.5 Å². The Morgan fingerprint density at radius 3 is 2.78 bits per heavy atom. The van der Waals surface area contributed by atoms with E-state index in [1.807, 2.05) is 24.3 Å². The number of hydrogen-bond donors (Lipinski definition) is 2. The molecule has 2 rings (SSSR count). The van der Waals surface area contributed by atoms with Crippen molar-refractivity contribution in [3.05, 3.63) is 24.3 Å². The van der Waals surface area contributed by atoms with Gasteiger partial charge in [0.05, 0.1) is 12.8 Å². The second kappa shape index (κ2) is 8.34. The van der Waals surface area contributed by atoms with Crippen LogP contribution in [0.5, 0.6) is 5.75 Å². The lowest BCUT2D eigenvalue weighted by Gasteiger charge is -2.36. The Morgan fingerprint density at radius 2 is 2.04 bits per heavy atom. The lowest BCUT2D eigenvalue weighted by atomic mass is 9.78. The smallest absolute Gasteiger partial charge is 0.226 e. The summed E-state index contributed by atoms with van der Waals surface area (Å²) >= 11 is 0. The maximum Gasteiger partial charge on any atom is 0.226 e. The van der Waals surface area contributed by atoms with Crippen molar-refractivity contribution in [3.63, 3.8) is 0 Å². The molecule has 1 aliphatic rings. The van der Waals surface area contributed by atoms with E-state index in [9.17, 15) is 4.79 Å². The van der Waals surface area contributed by atoms with E-state index >= 15 is 0 Å². The van der Waals surface area contributed by atoms with Crippen molar-refractivity contribution < 1.29 is 9.53 Å². The fraction of sp³-hybridized carbons (Fsp3) is 0.632. The molecule has 0 heterocycles. The Morgan fingerprint density at radius 1 is 1.30 bits per heavy atom. The van der Waals surface area contributed by atoms with Crippen LogP contribution in [0.3, 0.4) is 0 Å². The molecule has 23 heavy (non-hydrogen) atoms. The summed E-state index contributed by atoms with van der Waals surface area (Å²) in [5.74, 6) is 2.14. The van der Waals surface area contributed by atoms with Crippen LogP contribution in [-0.4, -0.2) is 25.1 Å². The van der Waals surface area contributed by atoms with Crippen molar-refractivity contribution in [1.29, 1.82) is 0 Å². The van der Waals surface area contributed by atoms with Gasteiger partial charge in [-0.05, 0) is 37.3 Å². The van der Waals surface area contributed by atoms with E-state index in [4.69, 9.17) is 4.74 Å². The van der Waals surface area contributed by atoms with Crippen LogP contribution in [0.2, 0.25) is 0 Å². The second-order valence-electron chi connectivity index (χ2n) is 6.89. The van der Waals surface area contributed by atoms with Gasteiger partial charge in [-0.1, -0.05) is 38.8 Å². The van der Waals surface area contributed by atoms with Crippen LogP contribution < -0.4 is 15.4 Å². The number of benzene rings is 1. The third-order valence-corrected chi connectivity index (χ3v) is 5.08. The summed E-state index contributed by atoms with van der Waals surface area (Å²) in [5.41, 5.74) is 0.729. The fourth-order valence-corrected chi connectivity index (χ4v) is 3.47. The van der Waals surface area contributed by atoms with Gasteiger partial charge in [0.1, 0.15) is 5.75 Å². The third-order valence-electron chi connectivity index (χ3n) is 5.08. The number of methoxy groups -OCH3 is 1. The van der Waals surface area contributed by atoms with Gasteiger partial charge in [-0.25, -0.2) is 0 Å². The number of nitrogens with one attached hydrogen (secondary N) is 2. The van der Waals surface area contributed by atoms with Crippen LogP contribution in [0, 0.1) is 11.8 Å². The van der Waals surface area contributed by atoms with Crippen LogP contribution in [0.4, 0.5) is 5.69 Å². The standard InChI is InChI=1S/C19H30N2O2/c1-13-8-7-10-16(15(13)3)20-14(2)12-19(22)21-17-9-5-6-11-18(17)23-4/h5-6,9,11,13-16,20H,7-8,10,12H2,1-4H3,(H,21,22). The minimum absolute atomic E-state index is 0.0195. The predicted octanol–water partition coefficient (Wildman–Crippen LogP) is 3.83. The maximum atomic E-state index is 12.3. The molecule has 0 saturated heterocycles. The first kappa shape index (κ1) is 17.8. The van der Waals surface area contributed by atoms with Gasteiger partial charge in [0, 0.05) is 18.5 Å². The summed E-state index contributed by atoms with van der Waals surface area (Å²) in [6, 6.07) is 8.19. The first-order valence-corrected chi connectivity index (χ1v) is 8.70. The maximum absolute atomic E-state index is 12.3. The van der Waals surface area contributed by atoms with E-state index < -0.39 is 0 Å². The molecule has 1 aromatic carbocycles. The number of hydrogen-bond acceptors (Lipinski definition) is 3. The molecule has 0 bridgehead atoms. The molecule has 2 N–H and O–H groups in total. The SMILES string of the molecule is COc1ccccc1NC(=O)CC(C)NC1CCCC(C)C1C. The van der Waals surface area contributed by atoms with Crippen molar-refractivity contribution in [3.8, 4) is 5.75 Å². The van der Waals surface area contributed by atoms with Gasteiger partial charge in [-0.3, -0.25) is 4.79 Å². The van der Waals surface area contributed by atoms with Gasteiger partial charge in [0.25, 0.3) is 0 Å². The molecule has 1 amide bonds. The third kappa shape index (κ3) is 4.96. The van der Waals surface area contributed by atoms with Crippen LogP contribution >= 0.6 is 0 Å². The van der Waals surface area contributed by atoms with E-state index in [0.717, 1.165) is 11.6 Å². The molecule has 0 aromatic heterocycles. The Kier molecular flexibility index (Phi) is 6.46. The Bertz CT molecular complexity index is 518. The van der Waals surface area contributed by atoms with Gasteiger partial charge >= 0.3 is 0 Å². The Hall–Kier alpha value is -1.55. The monoisotopic (exact) mass is 318 g/mol. The number of carbonyl (C=O) groups is 1. The summed E-state index contributed by atoms with van der Waals surface area (Å²) in [5, 5.41) is 6.60. The number of rotatable bonds is 6. The van der Waals surface area contributed by atoms with Crippen LogP contribution in [0.15, 0.2) is 24.3 Å². The molecule has 4 heteroatoms. The molecule has 4 unspecified atom stereocenters. The molecule has 4 atom stereocenters. The quantitative estimate of drug-likeness (QED) is 0.838. The Balaban J connectivity index is 1.85. The normalized spacial score (nSPS) is 25.7.